The molecule has 0 spiro atoms. The number of benzene rings is 1. The highest BCUT2D eigenvalue weighted by atomic mass is 79.9. The predicted octanol–water partition coefficient (Wildman–Crippen LogP) is 3.36. The summed E-state index contributed by atoms with van der Waals surface area (Å²) in [5.74, 6) is 0.125. The van der Waals surface area contributed by atoms with E-state index in [1.165, 1.54) is 11.0 Å². The molecule has 1 amide bonds. The molecular weight excluding hydrogens is 317 g/mol. The van der Waals surface area contributed by atoms with Gasteiger partial charge in [0, 0.05) is 17.6 Å². The van der Waals surface area contributed by atoms with Crippen molar-refractivity contribution in [1.29, 1.82) is 0 Å². The average Bonchev–Trinajstić information content (AvgIpc) is 2.38. The Kier molecular flexibility index (Phi) is 4.63. The summed E-state index contributed by atoms with van der Waals surface area (Å²) in [6.45, 7) is 1.46. The number of carbonyl (C=O) groups is 1. The molecule has 4 nitrogen and oxygen atoms in total. The number of likely N-dealkylation sites (tertiary alicyclic amines) is 1. The van der Waals surface area contributed by atoms with Gasteiger partial charge in [-0.1, -0.05) is 15.9 Å². The van der Waals surface area contributed by atoms with Crippen molar-refractivity contribution in [3.8, 4) is 5.75 Å². The fraction of sp³-hybridized carbons (Fsp3) is 0.462. The van der Waals surface area contributed by atoms with E-state index < -0.39 is 11.9 Å². The van der Waals surface area contributed by atoms with E-state index in [0.717, 1.165) is 12.8 Å². The minimum absolute atomic E-state index is 0.240. The summed E-state index contributed by atoms with van der Waals surface area (Å²) in [6.07, 6.45) is 0.632. The van der Waals surface area contributed by atoms with E-state index in [2.05, 4.69) is 15.9 Å². The van der Waals surface area contributed by atoms with Gasteiger partial charge in [-0.15, -0.1) is 0 Å². The van der Waals surface area contributed by atoms with Crippen LogP contribution in [0.1, 0.15) is 12.8 Å². The number of rotatable bonds is 3. The van der Waals surface area contributed by atoms with Crippen molar-refractivity contribution >= 4 is 22.0 Å². The average molecular weight is 332 g/mol. The maximum absolute atomic E-state index is 13.5. The van der Waals surface area contributed by atoms with E-state index in [4.69, 9.17) is 9.84 Å². The summed E-state index contributed by atoms with van der Waals surface area (Å²) >= 11 is 3.19. The quantitative estimate of drug-likeness (QED) is 0.923. The minimum Gasteiger partial charge on any atom is -0.490 e. The first kappa shape index (κ1) is 14.1. The number of carboxylic acid groups (broad SMARTS) is 1. The number of hydrogen-bond acceptors (Lipinski definition) is 2. The van der Waals surface area contributed by atoms with Gasteiger partial charge in [-0.2, -0.15) is 0 Å². The van der Waals surface area contributed by atoms with Gasteiger partial charge in [-0.3, -0.25) is 0 Å². The highest BCUT2D eigenvalue weighted by Crippen LogP contribution is 2.24. The standard InChI is InChI=1S/C13H15BrFNO3/c14-10-1-2-12(11(15)7-10)19-8-9-3-5-16(6-4-9)13(17)18/h1-2,7,9H,3-6,8H2,(H,17,18). The van der Waals surface area contributed by atoms with Gasteiger partial charge in [0.25, 0.3) is 0 Å². The first-order valence-corrected chi connectivity index (χ1v) is 6.91. The summed E-state index contributed by atoms with van der Waals surface area (Å²) in [5, 5.41) is 8.84. The van der Waals surface area contributed by atoms with Crippen LogP contribution < -0.4 is 4.74 Å². The normalized spacial score (nSPS) is 16.4. The Bertz CT molecular complexity index is 461. The zero-order valence-corrected chi connectivity index (χ0v) is 11.9. The Balaban J connectivity index is 1.82. The van der Waals surface area contributed by atoms with Crippen molar-refractivity contribution < 1.29 is 19.0 Å². The monoisotopic (exact) mass is 331 g/mol. The SMILES string of the molecule is O=C(O)N1CCC(COc2ccc(Br)cc2F)CC1. The van der Waals surface area contributed by atoms with E-state index in [0.29, 0.717) is 24.2 Å². The first-order chi connectivity index (χ1) is 9.06. The van der Waals surface area contributed by atoms with Crippen LogP contribution in [0.15, 0.2) is 22.7 Å². The van der Waals surface area contributed by atoms with E-state index in [1.807, 2.05) is 0 Å². The molecule has 0 bridgehead atoms. The van der Waals surface area contributed by atoms with Gasteiger partial charge in [0.15, 0.2) is 11.6 Å². The van der Waals surface area contributed by atoms with Crippen molar-refractivity contribution in [2.75, 3.05) is 19.7 Å². The van der Waals surface area contributed by atoms with Gasteiger partial charge in [0.2, 0.25) is 0 Å². The molecule has 1 aliphatic heterocycles. The van der Waals surface area contributed by atoms with Crippen molar-refractivity contribution in [3.63, 3.8) is 0 Å². The summed E-state index contributed by atoms with van der Waals surface area (Å²) in [7, 11) is 0. The molecular formula is C13H15BrFNO3. The Morgan fingerprint density at radius 3 is 2.74 bits per heavy atom. The molecule has 1 aromatic carbocycles. The fourth-order valence-corrected chi connectivity index (χ4v) is 2.42. The largest absolute Gasteiger partial charge is 0.490 e. The Morgan fingerprint density at radius 2 is 2.16 bits per heavy atom. The lowest BCUT2D eigenvalue weighted by Gasteiger charge is -2.29. The predicted molar refractivity (Wildman–Crippen MR) is 71.9 cm³/mol. The molecule has 1 saturated heterocycles. The van der Waals surface area contributed by atoms with Gasteiger partial charge in [-0.25, -0.2) is 9.18 Å². The second-order valence-corrected chi connectivity index (χ2v) is 5.51. The second kappa shape index (κ2) is 6.23. The molecule has 6 heteroatoms. The molecule has 1 heterocycles. The van der Waals surface area contributed by atoms with Gasteiger partial charge < -0.3 is 14.7 Å². The highest BCUT2D eigenvalue weighted by Gasteiger charge is 2.22. The molecule has 0 atom stereocenters. The third-order valence-corrected chi connectivity index (χ3v) is 3.75. The zero-order chi connectivity index (χ0) is 13.8. The summed E-state index contributed by atoms with van der Waals surface area (Å²) in [4.78, 5) is 12.2. The Labute approximate surface area is 119 Å². The zero-order valence-electron chi connectivity index (χ0n) is 10.3. The van der Waals surface area contributed by atoms with Gasteiger partial charge in [-0.05, 0) is 37.0 Å². The molecule has 0 radical (unpaired) electrons. The highest BCUT2D eigenvalue weighted by molar-refractivity contribution is 9.10. The van der Waals surface area contributed by atoms with Crippen LogP contribution in [-0.4, -0.2) is 35.8 Å². The maximum Gasteiger partial charge on any atom is 0.407 e. The lowest BCUT2D eigenvalue weighted by atomic mass is 9.98. The van der Waals surface area contributed by atoms with Crippen LogP contribution in [-0.2, 0) is 0 Å². The van der Waals surface area contributed by atoms with Gasteiger partial charge >= 0.3 is 6.09 Å². The van der Waals surface area contributed by atoms with E-state index in [9.17, 15) is 9.18 Å². The summed E-state index contributed by atoms with van der Waals surface area (Å²) in [6, 6.07) is 4.68. The van der Waals surface area contributed by atoms with E-state index >= 15 is 0 Å². The smallest absolute Gasteiger partial charge is 0.407 e. The second-order valence-electron chi connectivity index (χ2n) is 4.60. The number of amides is 1. The maximum atomic E-state index is 13.5. The van der Waals surface area contributed by atoms with Crippen LogP contribution in [0.3, 0.4) is 0 Å². The number of nitrogens with zero attached hydrogens (tertiary/aromatic N) is 1. The van der Waals surface area contributed by atoms with Crippen LogP contribution in [0.4, 0.5) is 9.18 Å². The molecule has 1 aliphatic rings. The molecule has 0 saturated carbocycles. The lowest BCUT2D eigenvalue weighted by Crippen LogP contribution is -2.38. The summed E-state index contributed by atoms with van der Waals surface area (Å²) < 4.78 is 19.7. The molecule has 1 aromatic rings. The number of halogens is 2. The van der Waals surface area contributed by atoms with E-state index in [-0.39, 0.29) is 11.7 Å². The first-order valence-electron chi connectivity index (χ1n) is 6.12. The molecule has 0 unspecified atom stereocenters. The molecule has 19 heavy (non-hydrogen) atoms. The number of hydrogen-bond donors (Lipinski definition) is 1. The topological polar surface area (TPSA) is 49.8 Å². The fourth-order valence-electron chi connectivity index (χ4n) is 2.09. The van der Waals surface area contributed by atoms with Crippen molar-refractivity contribution in [1.82, 2.24) is 4.90 Å². The molecule has 1 N–H and O–H groups in total. The van der Waals surface area contributed by atoms with Crippen LogP contribution in [0, 0.1) is 11.7 Å². The minimum atomic E-state index is -0.877. The van der Waals surface area contributed by atoms with Crippen molar-refractivity contribution in [2.45, 2.75) is 12.8 Å². The van der Waals surface area contributed by atoms with Gasteiger partial charge in [0.1, 0.15) is 0 Å². The third-order valence-electron chi connectivity index (χ3n) is 3.25. The van der Waals surface area contributed by atoms with E-state index in [1.54, 1.807) is 12.1 Å². The van der Waals surface area contributed by atoms with Crippen LogP contribution in [0.2, 0.25) is 0 Å². The third kappa shape index (κ3) is 3.83. The Morgan fingerprint density at radius 1 is 1.47 bits per heavy atom. The molecule has 0 aromatic heterocycles. The molecule has 0 aliphatic carbocycles. The Hall–Kier alpha value is -1.30. The number of piperidine rings is 1. The molecule has 1 fully saturated rings. The van der Waals surface area contributed by atoms with Crippen LogP contribution >= 0.6 is 15.9 Å². The number of ether oxygens (including phenoxy) is 1. The van der Waals surface area contributed by atoms with Crippen LogP contribution in [0.5, 0.6) is 5.75 Å². The van der Waals surface area contributed by atoms with Crippen molar-refractivity contribution in [3.05, 3.63) is 28.5 Å². The van der Waals surface area contributed by atoms with Crippen molar-refractivity contribution in [2.24, 2.45) is 5.92 Å². The van der Waals surface area contributed by atoms with Gasteiger partial charge in [0.05, 0.1) is 6.61 Å². The molecule has 2 rings (SSSR count). The summed E-state index contributed by atoms with van der Waals surface area (Å²) in [5.41, 5.74) is 0. The lowest BCUT2D eigenvalue weighted by molar-refractivity contribution is 0.111. The van der Waals surface area contributed by atoms with Crippen LogP contribution in [0.25, 0.3) is 0 Å². The molecule has 104 valence electrons.